The molecule has 1 atom stereocenters. The molecule has 2 N–H and O–H groups in total. The Balaban J connectivity index is 1.37. The van der Waals surface area contributed by atoms with Gasteiger partial charge in [0.15, 0.2) is 0 Å². The Morgan fingerprint density at radius 2 is 1.65 bits per heavy atom. The summed E-state index contributed by atoms with van der Waals surface area (Å²) in [7, 11) is -3.66. The number of piperidine rings is 1. The van der Waals surface area contributed by atoms with Crippen molar-refractivity contribution >= 4 is 38.6 Å². The first-order valence-electron chi connectivity index (χ1n) is 13.5. The van der Waals surface area contributed by atoms with Gasteiger partial charge in [-0.2, -0.15) is 4.31 Å². The summed E-state index contributed by atoms with van der Waals surface area (Å²) >= 11 is 0. The predicted octanol–water partition coefficient (Wildman–Crippen LogP) is 4.65. The number of hydrogen-bond donors (Lipinski definition) is 2. The predicted molar refractivity (Wildman–Crippen MR) is 154 cm³/mol. The van der Waals surface area contributed by atoms with Gasteiger partial charge in [0.1, 0.15) is 12.4 Å². The average Bonchev–Trinajstić information content (AvgIpc) is 3.33. The van der Waals surface area contributed by atoms with Crippen molar-refractivity contribution in [3.63, 3.8) is 0 Å². The lowest BCUT2D eigenvalue weighted by Crippen LogP contribution is -2.36. The van der Waals surface area contributed by atoms with Crippen molar-refractivity contribution in [2.45, 2.75) is 50.6 Å². The summed E-state index contributed by atoms with van der Waals surface area (Å²) in [6, 6.07) is 20.9. The molecular weight excluding hydrogens is 526 g/mol. The first-order valence-corrected chi connectivity index (χ1v) is 14.9. The molecule has 1 aromatic heterocycles. The zero-order valence-corrected chi connectivity index (χ0v) is 23.4. The second-order valence-corrected chi connectivity index (χ2v) is 12.0. The average molecular weight is 560 g/mol. The Bertz CT molecular complexity index is 1640. The highest BCUT2D eigenvalue weighted by Gasteiger charge is 2.28. The molecule has 1 unspecified atom stereocenters. The highest BCUT2D eigenvalue weighted by Crippen LogP contribution is 2.27. The van der Waals surface area contributed by atoms with Crippen LogP contribution in [0.25, 0.3) is 11.0 Å². The highest BCUT2D eigenvalue weighted by molar-refractivity contribution is 7.89. The molecule has 40 heavy (non-hydrogen) atoms. The third-order valence-electron chi connectivity index (χ3n) is 7.16. The van der Waals surface area contributed by atoms with Crippen LogP contribution >= 0.6 is 0 Å². The number of benzene rings is 3. The zero-order valence-electron chi connectivity index (χ0n) is 22.6. The lowest BCUT2D eigenvalue weighted by Gasteiger charge is -2.26. The Morgan fingerprint density at radius 1 is 0.950 bits per heavy atom. The molecule has 0 radical (unpaired) electrons. The van der Waals surface area contributed by atoms with Gasteiger partial charge in [-0.05, 0) is 68.7 Å². The normalized spacial score (nSPS) is 15.1. The molecule has 1 aliphatic heterocycles. The first kappa shape index (κ1) is 27.5. The Hall–Kier alpha value is -4.02. The third kappa shape index (κ3) is 5.78. The maximum Gasteiger partial charge on any atom is 0.251 e. The van der Waals surface area contributed by atoms with E-state index in [0.29, 0.717) is 41.2 Å². The van der Waals surface area contributed by atoms with Crippen LogP contribution in [-0.4, -0.2) is 47.2 Å². The summed E-state index contributed by atoms with van der Waals surface area (Å²) in [5, 5.41) is 5.84. The number of imidazole rings is 1. The number of aromatic nitrogens is 2. The van der Waals surface area contributed by atoms with E-state index < -0.39 is 16.1 Å². The molecule has 9 nitrogen and oxygen atoms in total. The molecule has 1 fully saturated rings. The summed E-state index contributed by atoms with van der Waals surface area (Å²) in [6.45, 7) is 4.54. The summed E-state index contributed by atoms with van der Waals surface area (Å²) < 4.78 is 30.0. The Labute approximate surface area is 234 Å². The van der Waals surface area contributed by atoms with Crippen LogP contribution in [0, 0.1) is 6.92 Å². The fourth-order valence-electron chi connectivity index (χ4n) is 5.07. The van der Waals surface area contributed by atoms with Crippen LogP contribution in [0.2, 0.25) is 0 Å². The van der Waals surface area contributed by atoms with Crippen LogP contribution in [0.5, 0.6) is 0 Å². The molecule has 0 bridgehead atoms. The van der Waals surface area contributed by atoms with Crippen LogP contribution in [0.1, 0.15) is 54.0 Å². The number of amides is 2. The molecule has 10 heteroatoms. The lowest BCUT2D eigenvalue weighted by molar-refractivity contribution is -0.116. The van der Waals surface area contributed by atoms with Crippen molar-refractivity contribution in [3.8, 4) is 0 Å². The molecule has 1 saturated heterocycles. The topological polar surface area (TPSA) is 113 Å². The molecule has 5 rings (SSSR count). The second kappa shape index (κ2) is 11.6. The van der Waals surface area contributed by atoms with Gasteiger partial charge in [-0.25, -0.2) is 13.4 Å². The van der Waals surface area contributed by atoms with Gasteiger partial charge >= 0.3 is 0 Å². The minimum atomic E-state index is -3.66. The molecule has 0 aliphatic carbocycles. The second-order valence-electron chi connectivity index (χ2n) is 10.1. The van der Waals surface area contributed by atoms with Crippen molar-refractivity contribution in [2.24, 2.45) is 0 Å². The van der Waals surface area contributed by atoms with Gasteiger partial charge in [-0.1, -0.05) is 42.8 Å². The van der Waals surface area contributed by atoms with Gasteiger partial charge in [-0.3, -0.25) is 9.59 Å². The molecule has 2 amide bonds. The molecule has 4 aromatic rings. The number of anilines is 1. The van der Waals surface area contributed by atoms with Gasteiger partial charge < -0.3 is 15.2 Å². The van der Waals surface area contributed by atoms with Crippen LogP contribution in [0.4, 0.5) is 5.69 Å². The van der Waals surface area contributed by atoms with Gasteiger partial charge in [0.2, 0.25) is 15.9 Å². The number of nitrogens with zero attached hydrogens (tertiary/aromatic N) is 3. The van der Waals surface area contributed by atoms with Crippen molar-refractivity contribution in [1.29, 1.82) is 0 Å². The van der Waals surface area contributed by atoms with E-state index in [1.165, 1.54) is 10.4 Å². The summed E-state index contributed by atoms with van der Waals surface area (Å²) in [6.07, 6.45) is 2.72. The maximum atomic E-state index is 13.3. The third-order valence-corrected chi connectivity index (χ3v) is 9.20. The molecule has 1 aliphatic rings. The van der Waals surface area contributed by atoms with Crippen LogP contribution in [-0.2, 0) is 21.4 Å². The summed E-state index contributed by atoms with van der Waals surface area (Å²) in [5.41, 5.74) is 3.03. The number of nitrogens with one attached hydrogen (secondary N) is 2. The number of para-hydroxylation sites is 2. The van der Waals surface area contributed by atoms with Crippen molar-refractivity contribution in [3.05, 3.63) is 89.7 Å². The summed E-state index contributed by atoms with van der Waals surface area (Å²) in [4.78, 5) is 31.0. The minimum absolute atomic E-state index is 0.0660. The van der Waals surface area contributed by atoms with E-state index in [1.807, 2.05) is 37.3 Å². The number of aryl methyl sites for hydroxylation is 1. The van der Waals surface area contributed by atoms with E-state index >= 15 is 0 Å². The number of carbonyl (C=O) groups excluding carboxylic acids is 2. The van der Waals surface area contributed by atoms with Crippen LogP contribution in [0.15, 0.2) is 77.7 Å². The van der Waals surface area contributed by atoms with E-state index in [-0.39, 0.29) is 23.3 Å². The van der Waals surface area contributed by atoms with E-state index in [1.54, 1.807) is 47.9 Å². The van der Waals surface area contributed by atoms with Gasteiger partial charge in [0.25, 0.3) is 5.91 Å². The molecule has 208 valence electrons. The maximum absolute atomic E-state index is 13.3. The van der Waals surface area contributed by atoms with Crippen molar-refractivity contribution in [1.82, 2.24) is 19.2 Å². The molecule has 0 spiro atoms. The number of carbonyl (C=O) groups is 2. The quantitative estimate of drug-likeness (QED) is 0.326. The van der Waals surface area contributed by atoms with E-state index in [2.05, 4.69) is 10.6 Å². The summed E-state index contributed by atoms with van der Waals surface area (Å²) in [5.74, 6) is -0.0349. The van der Waals surface area contributed by atoms with Crippen LogP contribution in [0.3, 0.4) is 0 Å². The highest BCUT2D eigenvalue weighted by atomic mass is 32.2. The van der Waals surface area contributed by atoms with Crippen molar-refractivity contribution < 1.29 is 18.0 Å². The van der Waals surface area contributed by atoms with Crippen molar-refractivity contribution in [2.75, 3.05) is 18.4 Å². The molecular formula is C30H33N5O4S. The van der Waals surface area contributed by atoms with Gasteiger partial charge in [0, 0.05) is 24.3 Å². The van der Waals surface area contributed by atoms with E-state index in [0.717, 1.165) is 24.8 Å². The van der Waals surface area contributed by atoms with Crippen LogP contribution < -0.4 is 10.6 Å². The standard InChI is InChI=1S/C30H33N5O4S/c1-21-15-16-24(19-27(21)40(38,39)34-17-9-4-10-18-34)32-28(36)20-35-26-14-8-7-13-25(26)33-29(35)22(2)31-30(37)23-11-5-3-6-12-23/h3,5-8,11-16,19,22H,4,9-10,17-18,20H2,1-2H3,(H,31,37)(H,32,36). The number of hydrogen-bond acceptors (Lipinski definition) is 5. The lowest BCUT2D eigenvalue weighted by atomic mass is 10.2. The fraction of sp³-hybridized carbons (Fsp3) is 0.300. The molecule has 3 aromatic carbocycles. The SMILES string of the molecule is Cc1ccc(NC(=O)Cn2c(C(C)NC(=O)c3ccccc3)nc3ccccc32)cc1S(=O)(=O)N1CCCCC1. The zero-order chi connectivity index (χ0) is 28.3. The monoisotopic (exact) mass is 559 g/mol. The molecule has 0 saturated carbocycles. The number of sulfonamides is 1. The first-order chi connectivity index (χ1) is 19.2. The largest absolute Gasteiger partial charge is 0.342 e. The minimum Gasteiger partial charge on any atom is -0.342 e. The van der Waals surface area contributed by atoms with Gasteiger partial charge in [0.05, 0.1) is 22.0 Å². The Kier molecular flexibility index (Phi) is 7.99. The number of fused-ring (bicyclic) bond motifs is 1. The molecule has 2 heterocycles. The smallest absolute Gasteiger partial charge is 0.251 e. The van der Waals surface area contributed by atoms with E-state index in [9.17, 15) is 18.0 Å². The number of rotatable bonds is 8. The van der Waals surface area contributed by atoms with E-state index in [4.69, 9.17) is 4.98 Å². The van der Waals surface area contributed by atoms with Gasteiger partial charge in [-0.15, -0.1) is 0 Å². The Morgan fingerprint density at radius 3 is 2.40 bits per heavy atom. The fourth-order valence-corrected chi connectivity index (χ4v) is 6.84.